The number of rotatable bonds is 4. The van der Waals surface area contributed by atoms with Crippen LogP contribution in [0.5, 0.6) is 0 Å². The van der Waals surface area contributed by atoms with Crippen LogP contribution in [0.3, 0.4) is 0 Å². The summed E-state index contributed by atoms with van der Waals surface area (Å²) in [5, 5.41) is 0. The van der Waals surface area contributed by atoms with Crippen molar-refractivity contribution in [3.05, 3.63) is 114 Å². The number of carbonyl (C=O) groups excluding carboxylic acids is 1. The first kappa shape index (κ1) is 17.4. The van der Waals surface area contributed by atoms with E-state index in [0.717, 1.165) is 27.9 Å². The minimum Gasteiger partial charge on any atom is -0.330 e. The van der Waals surface area contributed by atoms with Crippen molar-refractivity contribution < 1.29 is 4.79 Å². The second kappa shape index (κ2) is 7.40. The highest BCUT2D eigenvalue weighted by molar-refractivity contribution is 5.85. The lowest BCUT2D eigenvalue weighted by Crippen LogP contribution is -2.42. The van der Waals surface area contributed by atoms with E-state index >= 15 is 0 Å². The van der Waals surface area contributed by atoms with Gasteiger partial charge in [0.2, 0.25) is 0 Å². The lowest BCUT2D eigenvalue weighted by molar-refractivity contribution is -0.136. The molecule has 0 bridgehead atoms. The first-order chi connectivity index (χ1) is 14.3. The summed E-state index contributed by atoms with van der Waals surface area (Å²) in [6.45, 7) is 1.17. The number of fused-ring (bicyclic) bond motifs is 1. The molecule has 0 N–H and O–H groups in total. The topological polar surface area (TPSA) is 38.1 Å². The van der Waals surface area contributed by atoms with Gasteiger partial charge in [0, 0.05) is 12.7 Å². The molecule has 4 heteroatoms. The van der Waals surface area contributed by atoms with Crippen molar-refractivity contribution in [2.75, 3.05) is 0 Å². The number of amides is 1. The summed E-state index contributed by atoms with van der Waals surface area (Å²) in [6.07, 6.45) is 3.63. The van der Waals surface area contributed by atoms with Crippen LogP contribution in [0.15, 0.2) is 97.5 Å². The molecule has 3 aromatic carbocycles. The third-order valence-corrected chi connectivity index (χ3v) is 5.45. The zero-order valence-corrected chi connectivity index (χ0v) is 16.0. The average Bonchev–Trinajstić information content (AvgIpc) is 3.24. The average molecular weight is 379 g/mol. The predicted octanol–water partition coefficient (Wildman–Crippen LogP) is 4.68. The zero-order chi connectivity index (χ0) is 19.6. The smallest absolute Gasteiger partial charge is 0.250 e. The Morgan fingerprint density at radius 3 is 2.38 bits per heavy atom. The molecule has 1 atom stereocenters. The summed E-state index contributed by atoms with van der Waals surface area (Å²) in [6, 6.07) is 28.3. The summed E-state index contributed by atoms with van der Waals surface area (Å²) in [4.78, 5) is 19.8. The molecule has 29 heavy (non-hydrogen) atoms. The highest BCUT2D eigenvalue weighted by Crippen LogP contribution is 2.31. The fourth-order valence-electron chi connectivity index (χ4n) is 4.01. The summed E-state index contributed by atoms with van der Waals surface area (Å²) in [5.74, 6) is 0.101. The third-order valence-electron chi connectivity index (χ3n) is 5.45. The van der Waals surface area contributed by atoms with Crippen LogP contribution in [0.4, 0.5) is 0 Å². The molecule has 4 nitrogen and oxygen atoms in total. The number of nitrogens with zero attached hydrogens (tertiary/aromatic N) is 3. The molecule has 0 fully saturated rings. The molecule has 0 saturated carbocycles. The van der Waals surface area contributed by atoms with Crippen LogP contribution in [0.1, 0.15) is 22.9 Å². The number of benzene rings is 3. The highest BCUT2D eigenvalue weighted by Gasteiger charge is 2.34. The van der Waals surface area contributed by atoms with Gasteiger partial charge in [0.1, 0.15) is 6.04 Å². The molecular formula is C25H21N3O. The summed E-state index contributed by atoms with van der Waals surface area (Å²) in [5.41, 5.74) is 5.41. The van der Waals surface area contributed by atoms with Crippen molar-refractivity contribution in [2.45, 2.75) is 19.1 Å². The highest BCUT2D eigenvalue weighted by atomic mass is 16.2. The number of carbonyl (C=O) groups is 1. The number of hydrogen-bond donors (Lipinski definition) is 0. The Bertz CT molecular complexity index is 1130. The van der Waals surface area contributed by atoms with Gasteiger partial charge in [0.25, 0.3) is 5.91 Å². The maximum atomic E-state index is 13.5. The number of imidazole rings is 1. The molecular weight excluding hydrogens is 358 g/mol. The van der Waals surface area contributed by atoms with Crippen molar-refractivity contribution in [1.29, 1.82) is 0 Å². The lowest BCUT2D eigenvalue weighted by Gasteiger charge is -2.34. The van der Waals surface area contributed by atoms with E-state index in [1.54, 1.807) is 6.33 Å². The first-order valence-electron chi connectivity index (χ1n) is 9.78. The van der Waals surface area contributed by atoms with Crippen LogP contribution < -0.4 is 0 Å². The Morgan fingerprint density at radius 2 is 1.59 bits per heavy atom. The Balaban J connectivity index is 1.53. The van der Waals surface area contributed by atoms with E-state index in [-0.39, 0.29) is 5.91 Å². The Hall–Kier alpha value is -3.66. The molecule has 4 aromatic rings. The summed E-state index contributed by atoms with van der Waals surface area (Å²) >= 11 is 0. The molecule has 142 valence electrons. The minimum atomic E-state index is -0.395. The van der Waals surface area contributed by atoms with E-state index < -0.39 is 6.04 Å². The van der Waals surface area contributed by atoms with Gasteiger partial charge in [-0.05, 0) is 28.3 Å². The van der Waals surface area contributed by atoms with Crippen LogP contribution in [-0.4, -0.2) is 20.4 Å². The van der Waals surface area contributed by atoms with E-state index in [0.29, 0.717) is 13.1 Å². The molecule has 1 aliphatic rings. The van der Waals surface area contributed by atoms with Gasteiger partial charge in [-0.25, -0.2) is 4.98 Å². The normalized spacial score (nSPS) is 15.9. The van der Waals surface area contributed by atoms with Gasteiger partial charge in [-0.15, -0.1) is 0 Å². The molecule has 1 aromatic heterocycles. The Morgan fingerprint density at radius 1 is 0.862 bits per heavy atom. The fraction of sp³-hybridized carbons (Fsp3) is 0.120. The third kappa shape index (κ3) is 3.34. The van der Waals surface area contributed by atoms with E-state index in [4.69, 9.17) is 0 Å². The first-order valence-corrected chi connectivity index (χ1v) is 9.78. The van der Waals surface area contributed by atoms with Crippen LogP contribution in [0.25, 0.3) is 11.1 Å². The fourth-order valence-corrected chi connectivity index (χ4v) is 4.01. The lowest BCUT2D eigenvalue weighted by atomic mass is 9.97. The Labute approximate surface area is 170 Å². The van der Waals surface area contributed by atoms with Crippen molar-refractivity contribution >= 4 is 5.91 Å². The van der Waals surface area contributed by atoms with Gasteiger partial charge >= 0.3 is 0 Å². The maximum absolute atomic E-state index is 13.5. The molecule has 1 unspecified atom stereocenters. The second-order valence-corrected chi connectivity index (χ2v) is 7.37. The van der Waals surface area contributed by atoms with Crippen LogP contribution in [0.2, 0.25) is 0 Å². The van der Waals surface area contributed by atoms with Crippen LogP contribution >= 0.6 is 0 Å². The quantitative estimate of drug-likeness (QED) is 0.516. The van der Waals surface area contributed by atoms with Crippen molar-refractivity contribution in [2.24, 2.45) is 0 Å². The van der Waals surface area contributed by atoms with Gasteiger partial charge in [0.05, 0.1) is 18.6 Å². The van der Waals surface area contributed by atoms with Crippen molar-refractivity contribution in [1.82, 2.24) is 14.5 Å². The van der Waals surface area contributed by atoms with Gasteiger partial charge in [-0.2, -0.15) is 0 Å². The molecule has 0 spiro atoms. The molecule has 1 amide bonds. The van der Waals surface area contributed by atoms with E-state index in [1.165, 1.54) is 0 Å². The molecule has 1 aliphatic heterocycles. The number of hydrogen-bond acceptors (Lipinski definition) is 2. The summed E-state index contributed by atoms with van der Waals surface area (Å²) in [7, 11) is 0. The predicted molar refractivity (Wildman–Crippen MR) is 113 cm³/mol. The van der Waals surface area contributed by atoms with Gasteiger partial charge in [-0.3, -0.25) is 4.79 Å². The molecule has 0 saturated heterocycles. The van der Waals surface area contributed by atoms with Crippen molar-refractivity contribution in [3.8, 4) is 11.1 Å². The largest absolute Gasteiger partial charge is 0.330 e. The molecule has 0 radical (unpaired) electrons. The zero-order valence-electron chi connectivity index (χ0n) is 16.0. The second-order valence-electron chi connectivity index (χ2n) is 7.37. The molecule has 0 aliphatic carbocycles. The van der Waals surface area contributed by atoms with E-state index in [2.05, 4.69) is 41.4 Å². The SMILES string of the molecule is O=C1C(c2cccc(-c3ccccc3)c2)n2cncc2CN1Cc1ccccc1. The minimum absolute atomic E-state index is 0.101. The van der Waals surface area contributed by atoms with Gasteiger partial charge in [0.15, 0.2) is 0 Å². The van der Waals surface area contributed by atoms with Crippen LogP contribution in [0, 0.1) is 0 Å². The van der Waals surface area contributed by atoms with Gasteiger partial charge < -0.3 is 9.47 Å². The van der Waals surface area contributed by atoms with E-state index in [1.807, 2.05) is 64.2 Å². The van der Waals surface area contributed by atoms with E-state index in [9.17, 15) is 4.79 Å². The summed E-state index contributed by atoms with van der Waals surface area (Å²) < 4.78 is 2.01. The van der Waals surface area contributed by atoms with Crippen LogP contribution in [-0.2, 0) is 17.9 Å². The van der Waals surface area contributed by atoms with Gasteiger partial charge in [-0.1, -0.05) is 78.9 Å². The molecule has 2 heterocycles. The Kier molecular flexibility index (Phi) is 4.45. The van der Waals surface area contributed by atoms with Crippen molar-refractivity contribution in [3.63, 3.8) is 0 Å². The maximum Gasteiger partial charge on any atom is 0.250 e. The monoisotopic (exact) mass is 379 g/mol. The molecule has 5 rings (SSSR count). The number of aromatic nitrogens is 2. The standard InChI is InChI=1S/C25H21N3O/c29-25-24(22-13-7-12-21(14-22)20-10-5-2-6-11-20)28-18-26-15-23(28)17-27(25)16-19-8-3-1-4-9-19/h1-15,18,24H,16-17H2.